The number of rotatable bonds is 3. The van der Waals surface area contributed by atoms with E-state index < -0.39 is 18.2 Å². The van der Waals surface area contributed by atoms with Crippen LogP contribution in [-0.4, -0.2) is 51.5 Å². The van der Waals surface area contributed by atoms with Gasteiger partial charge < -0.3 is 14.4 Å². The number of H-pyrrole nitrogens is 1. The molecule has 0 aromatic carbocycles. The second-order valence-electron chi connectivity index (χ2n) is 5.76. The number of furan rings is 1. The lowest BCUT2D eigenvalue weighted by atomic mass is 9.91. The Labute approximate surface area is 135 Å². The van der Waals surface area contributed by atoms with Crippen LogP contribution in [0.25, 0.3) is 11.5 Å². The summed E-state index contributed by atoms with van der Waals surface area (Å²) in [6.07, 6.45) is -5.28. The standard InChI is InChI=1S/C15H16F3N3O3/c16-15(17,18)13(22)9-3-5-21(6-4-9)14(23)11-8-10(19-20-11)12-2-1-7-24-12/h1-2,7-9,13,22H,3-6H2,(H,19,20). The Morgan fingerprint density at radius 1 is 1.42 bits per heavy atom. The van der Waals surface area contributed by atoms with Crippen LogP contribution in [0.3, 0.4) is 0 Å². The number of aliphatic hydroxyl groups is 1. The molecule has 1 saturated heterocycles. The summed E-state index contributed by atoms with van der Waals surface area (Å²) < 4.78 is 42.8. The van der Waals surface area contributed by atoms with E-state index in [-0.39, 0.29) is 37.5 Å². The van der Waals surface area contributed by atoms with Crippen molar-refractivity contribution in [1.29, 1.82) is 0 Å². The summed E-state index contributed by atoms with van der Waals surface area (Å²) in [6.45, 7) is 0.305. The molecule has 1 atom stereocenters. The van der Waals surface area contributed by atoms with Crippen LogP contribution >= 0.6 is 0 Å². The molecule has 9 heteroatoms. The molecule has 1 fully saturated rings. The number of nitrogens with zero attached hydrogens (tertiary/aromatic N) is 2. The zero-order chi connectivity index (χ0) is 17.3. The van der Waals surface area contributed by atoms with Crippen molar-refractivity contribution < 1.29 is 27.5 Å². The Kier molecular flexibility index (Phi) is 4.35. The van der Waals surface area contributed by atoms with Crippen LogP contribution in [0.4, 0.5) is 13.2 Å². The maximum atomic E-state index is 12.5. The zero-order valence-corrected chi connectivity index (χ0v) is 12.6. The van der Waals surface area contributed by atoms with Crippen molar-refractivity contribution in [1.82, 2.24) is 15.1 Å². The molecule has 24 heavy (non-hydrogen) atoms. The van der Waals surface area contributed by atoms with Crippen LogP contribution in [0, 0.1) is 5.92 Å². The second-order valence-corrected chi connectivity index (χ2v) is 5.76. The summed E-state index contributed by atoms with van der Waals surface area (Å²) in [5, 5.41) is 15.9. The maximum Gasteiger partial charge on any atom is 0.414 e. The van der Waals surface area contributed by atoms with Crippen LogP contribution in [0.5, 0.6) is 0 Å². The van der Waals surface area contributed by atoms with Crippen molar-refractivity contribution in [2.24, 2.45) is 5.92 Å². The van der Waals surface area contributed by atoms with Gasteiger partial charge in [-0.2, -0.15) is 18.3 Å². The normalized spacial score (nSPS) is 17.9. The van der Waals surface area contributed by atoms with Gasteiger partial charge in [0.15, 0.2) is 17.6 Å². The van der Waals surface area contributed by atoms with Crippen molar-refractivity contribution >= 4 is 5.91 Å². The average molecular weight is 343 g/mol. The van der Waals surface area contributed by atoms with Crippen LogP contribution < -0.4 is 0 Å². The van der Waals surface area contributed by atoms with Gasteiger partial charge in [-0.25, -0.2) is 0 Å². The Morgan fingerprint density at radius 3 is 2.71 bits per heavy atom. The molecule has 3 heterocycles. The largest absolute Gasteiger partial charge is 0.463 e. The molecule has 2 aromatic rings. The van der Waals surface area contributed by atoms with Crippen LogP contribution in [0.15, 0.2) is 28.9 Å². The monoisotopic (exact) mass is 343 g/mol. The molecule has 2 N–H and O–H groups in total. The maximum absolute atomic E-state index is 12.5. The van der Waals surface area contributed by atoms with E-state index in [1.807, 2.05) is 0 Å². The third-order valence-electron chi connectivity index (χ3n) is 4.19. The second kappa shape index (κ2) is 6.31. The first-order valence-electron chi connectivity index (χ1n) is 7.49. The number of carbonyl (C=O) groups is 1. The average Bonchev–Trinajstić information content (AvgIpc) is 3.23. The number of hydrogen-bond donors (Lipinski definition) is 2. The number of aromatic amines is 1. The lowest BCUT2D eigenvalue weighted by Gasteiger charge is -2.34. The number of hydrogen-bond acceptors (Lipinski definition) is 4. The van der Waals surface area contributed by atoms with Gasteiger partial charge in [-0.1, -0.05) is 0 Å². The van der Waals surface area contributed by atoms with E-state index in [1.165, 1.54) is 17.2 Å². The van der Waals surface area contributed by atoms with Crippen LogP contribution in [0.1, 0.15) is 23.3 Å². The van der Waals surface area contributed by atoms with Gasteiger partial charge in [0.25, 0.3) is 5.91 Å². The number of aromatic nitrogens is 2. The lowest BCUT2D eigenvalue weighted by molar-refractivity contribution is -0.222. The number of amides is 1. The molecular weight excluding hydrogens is 327 g/mol. The van der Waals surface area contributed by atoms with E-state index in [1.54, 1.807) is 12.1 Å². The summed E-state index contributed by atoms with van der Waals surface area (Å²) >= 11 is 0. The van der Waals surface area contributed by atoms with E-state index >= 15 is 0 Å². The van der Waals surface area contributed by atoms with E-state index in [2.05, 4.69) is 10.2 Å². The van der Waals surface area contributed by atoms with Gasteiger partial charge in [0, 0.05) is 19.2 Å². The molecule has 0 radical (unpaired) electrons. The molecule has 2 aromatic heterocycles. The first kappa shape index (κ1) is 16.6. The highest BCUT2D eigenvalue weighted by molar-refractivity contribution is 5.93. The molecule has 3 rings (SSSR count). The predicted octanol–water partition coefficient (Wildman–Crippen LogP) is 2.45. The number of halogens is 3. The van der Waals surface area contributed by atoms with Crippen LogP contribution in [-0.2, 0) is 0 Å². The Bertz CT molecular complexity index is 688. The van der Waals surface area contributed by atoms with Gasteiger partial charge in [-0.3, -0.25) is 9.89 Å². The molecule has 0 spiro atoms. The first-order valence-corrected chi connectivity index (χ1v) is 7.49. The van der Waals surface area contributed by atoms with Crippen molar-refractivity contribution in [2.75, 3.05) is 13.1 Å². The summed E-state index contributed by atoms with van der Waals surface area (Å²) in [6, 6.07) is 4.96. The molecule has 0 aliphatic carbocycles. The fourth-order valence-corrected chi connectivity index (χ4v) is 2.84. The van der Waals surface area contributed by atoms with Crippen molar-refractivity contribution in [3.63, 3.8) is 0 Å². The Hall–Kier alpha value is -2.29. The molecule has 0 bridgehead atoms. The van der Waals surface area contributed by atoms with Gasteiger partial charge in [-0.05, 0) is 30.9 Å². The van der Waals surface area contributed by atoms with Crippen molar-refractivity contribution in [2.45, 2.75) is 25.1 Å². The third-order valence-corrected chi connectivity index (χ3v) is 4.19. The highest BCUT2D eigenvalue weighted by Crippen LogP contribution is 2.32. The molecule has 1 aliphatic rings. The number of aliphatic hydroxyl groups excluding tert-OH is 1. The van der Waals surface area contributed by atoms with Gasteiger partial charge in [0.1, 0.15) is 5.69 Å². The SMILES string of the molecule is O=C(c1cc(-c2ccco2)[nH]n1)N1CCC(C(O)C(F)(F)F)CC1. The molecule has 130 valence electrons. The van der Waals surface area contributed by atoms with Crippen molar-refractivity contribution in [3.05, 3.63) is 30.2 Å². The molecule has 1 aliphatic heterocycles. The van der Waals surface area contributed by atoms with Crippen molar-refractivity contribution in [3.8, 4) is 11.5 Å². The minimum Gasteiger partial charge on any atom is -0.463 e. The number of alkyl halides is 3. The van der Waals surface area contributed by atoms with E-state index in [0.717, 1.165) is 0 Å². The molecular formula is C15H16F3N3O3. The summed E-state index contributed by atoms with van der Waals surface area (Å²) in [5.74, 6) is -0.704. The predicted molar refractivity (Wildman–Crippen MR) is 77.0 cm³/mol. The summed E-state index contributed by atoms with van der Waals surface area (Å²) in [4.78, 5) is 13.8. The fraction of sp³-hybridized carbons (Fsp3) is 0.467. The highest BCUT2D eigenvalue weighted by Gasteiger charge is 2.44. The highest BCUT2D eigenvalue weighted by atomic mass is 19.4. The third kappa shape index (κ3) is 3.30. The quantitative estimate of drug-likeness (QED) is 0.897. The minimum absolute atomic E-state index is 0.0991. The smallest absolute Gasteiger partial charge is 0.414 e. The minimum atomic E-state index is -4.63. The molecule has 0 saturated carbocycles. The number of likely N-dealkylation sites (tertiary alicyclic amines) is 1. The van der Waals surface area contributed by atoms with Gasteiger partial charge in [0.05, 0.1) is 6.26 Å². The van der Waals surface area contributed by atoms with E-state index in [9.17, 15) is 23.1 Å². The molecule has 1 amide bonds. The van der Waals surface area contributed by atoms with Gasteiger partial charge >= 0.3 is 6.18 Å². The number of nitrogens with one attached hydrogen (secondary N) is 1. The lowest BCUT2D eigenvalue weighted by Crippen LogP contribution is -2.45. The van der Waals surface area contributed by atoms with Gasteiger partial charge in [-0.15, -0.1) is 0 Å². The summed E-state index contributed by atoms with van der Waals surface area (Å²) in [5.41, 5.74) is 0.724. The zero-order valence-electron chi connectivity index (χ0n) is 12.6. The Morgan fingerprint density at radius 2 is 2.12 bits per heavy atom. The first-order chi connectivity index (χ1) is 11.4. The molecule has 1 unspecified atom stereocenters. The van der Waals surface area contributed by atoms with Crippen LogP contribution in [0.2, 0.25) is 0 Å². The van der Waals surface area contributed by atoms with E-state index in [0.29, 0.717) is 11.5 Å². The van der Waals surface area contributed by atoms with E-state index in [4.69, 9.17) is 4.42 Å². The topological polar surface area (TPSA) is 82.4 Å². The number of piperidine rings is 1. The fourth-order valence-electron chi connectivity index (χ4n) is 2.84. The molecule has 6 nitrogen and oxygen atoms in total. The summed E-state index contributed by atoms with van der Waals surface area (Å²) in [7, 11) is 0. The number of carbonyl (C=O) groups excluding carboxylic acids is 1. The Balaban J connectivity index is 1.62. The van der Waals surface area contributed by atoms with Gasteiger partial charge in [0.2, 0.25) is 0 Å².